The summed E-state index contributed by atoms with van der Waals surface area (Å²) in [4.78, 5) is 11.2. The smallest absolute Gasteiger partial charge is 0.407 e. The summed E-state index contributed by atoms with van der Waals surface area (Å²) in [5, 5.41) is 14.5. The lowest BCUT2D eigenvalue weighted by Gasteiger charge is -2.19. The number of amides is 1. The number of hydrogen-bond acceptors (Lipinski definition) is 4. The zero-order valence-corrected chi connectivity index (χ0v) is 10.7. The second kappa shape index (κ2) is 7.46. The SMILES string of the molecule is C[C@H](CO)NCCCNC(=O)OC(C)(C)C. The van der Waals surface area contributed by atoms with Crippen LogP contribution < -0.4 is 10.6 Å². The molecule has 0 aromatic carbocycles. The van der Waals surface area contributed by atoms with E-state index in [-0.39, 0.29) is 18.7 Å². The van der Waals surface area contributed by atoms with Gasteiger partial charge in [-0.2, -0.15) is 0 Å². The van der Waals surface area contributed by atoms with Gasteiger partial charge in [0.25, 0.3) is 0 Å². The van der Waals surface area contributed by atoms with Crippen LogP contribution in [0.1, 0.15) is 34.1 Å². The summed E-state index contributed by atoms with van der Waals surface area (Å²) in [6.45, 7) is 8.85. The molecule has 5 heteroatoms. The topological polar surface area (TPSA) is 70.6 Å². The molecule has 0 aliphatic heterocycles. The summed E-state index contributed by atoms with van der Waals surface area (Å²) >= 11 is 0. The van der Waals surface area contributed by atoms with Crippen molar-refractivity contribution in [2.24, 2.45) is 0 Å². The van der Waals surface area contributed by atoms with Gasteiger partial charge in [0, 0.05) is 12.6 Å². The van der Waals surface area contributed by atoms with Gasteiger partial charge in [0.15, 0.2) is 0 Å². The van der Waals surface area contributed by atoms with E-state index in [2.05, 4.69) is 10.6 Å². The number of nitrogens with one attached hydrogen (secondary N) is 2. The molecule has 5 nitrogen and oxygen atoms in total. The van der Waals surface area contributed by atoms with E-state index in [1.165, 1.54) is 0 Å². The molecule has 0 bridgehead atoms. The number of aliphatic hydroxyl groups is 1. The summed E-state index contributed by atoms with van der Waals surface area (Å²) < 4.78 is 5.08. The van der Waals surface area contributed by atoms with E-state index in [9.17, 15) is 4.79 Å². The Labute approximate surface area is 97.6 Å². The maximum Gasteiger partial charge on any atom is 0.407 e. The summed E-state index contributed by atoms with van der Waals surface area (Å²) in [6, 6.07) is 0.0986. The van der Waals surface area contributed by atoms with E-state index in [1.54, 1.807) is 0 Å². The van der Waals surface area contributed by atoms with E-state index in [4.69, 9.17) is 9.84 Å². The molecular formula is C11H24N2O3. The normalized spacial score (nSPS) is 13.3. The molecule has 0 aliphatic rings. The van der Waals surface area contributed by atoms with E-state index < -0.39 is 5.60 Å². The Morgan fingerprint density at radius 2 is 2.00 bits per heavy atom. The lowest BCUT2D eigenvalue weighted by Crippen LogP contribution is -2.35. The molecule has 0 heterocycles. The standard InChI is InChI=1S/C11H24N2O3/c1-9(8-14)12-6-5-7-13-10(15)16-11(2,3)4/h9,12,14H,5-8H2,1-4H3,(H,13,15)/t9-/m1/s1. The average Bonchev–Trinajstić information content (AvgIpc) is 2.14. The van der Waals surface area contributed by atoms with E-state index in [0.29, 0.717) is 6.54 Å². The third-order valence-electron chi connectivity index (χ3n) is 1.79. The Balaban J connectivity index is 3.42. The molecule has 0 fully saturated rings. The minimum Gasteiger partial charge on any atom is -0.444 e. The maximum atomic E-state index is 11.2. The highest BCUT2D eigenvalue weighted by Gasteiger charge is 2.15. The first kappa shape index (κ1) is 15.2. The van der Waals surface area contributed by atoms with Crippen LogP contribution in [-0.2, 0) is 4.74 Å². The zero-order valence-electron chi connectivity index (χ0n) is 10.7. The molecule has 1 amide bonds. The summed E-state index contributed by atoms with van der Waals surface area (Å²) in [6.07, 6.45) is 0.423. The Morgan fingerprint density at radius 3 is 2.50 bits per heavy atom. The second-order valence-corrected chi connectivity index (χ2v) is 4.82. The fourth-order valence-corrected chi connectivity index (χ4v) is 1.01. The highest BCUT2D eigenvalue weighted by Crippen LogP contribution is 2.06. The van der Waals surface area contributed by atoms with E-state index in [0.717, 1.165) is 13.0 Å². The van der Waals surface area contributed by atoms with Crippen molar-refractivity contribution in [3.05, 3.63) is 0 Å². The molecule has 1 atom stereocenters. The first-order valence-electron chi connectivity index (χ1n) is 5.66. The minimum absolute atomic E-state index is 0.0986. The highest BCUT2D eigenvalue weighted by atomic mass is 16.6. The monoisotopic (exact) mass is 232 g/mol. The van der Waals surface area contributed by atoms with Crippen molar-refractivity contribution in [1.29, 1.82) is 0 Å². The van der Waals surface area contributed by atoms with Crippen LogP contribution in [0.3, 0.4) is 0 Å². The second-order valence-electron chi connectivity index (χ2n) is 4.82. The molecule has 3 N–H and O–H groups in total. The quantitative estimate of drug-likeness (QED) is 0.594. The number of rotatable bonds is 6. The van der Waals surface area contributed by atoms with Gasteiger partial charge >= 0.3 is 6.09 Å². The van der Waals surface area contributed by atoms with Crippen LogP contribution in [0, 0.1) is 0 Å². The van der Waals surface area contributed by atoms with Gasteiger partial charge in [-0.1, -0.05) is 0 Å². The van der Waals surface area contributed by atoms with E-state index in [1.807, 2.05) is 27.7 Å². The van der Waals surface area contributed by atoms with Crippen LogP contribution in [0.4, 0.5) is 4.79 Å². The van der Waals surface area contributed by atoms with Crippen molar-refractivity contribution in [3.63, 3.8) is 0 Å². The van der Waals surface area contributed by atoms with Gasteiger partial charge in [0.05, 0.1) is 6.61 Å². The van der Waals surface area contributed by atoms with Gasteiger partial charge in [0.2, 0.25) is 0 Å². The average molecular weight is 232 g/mol. The molecule has 0 unspecified atom stereocenters. The molecule has 0 saturated carbocycles. The van der Waals surface area contributed by atoms with Gasteiger partial charge in [-0.15, -0.1) is 0 Å². The van der Waals surface area contributed by atoms with Crippen LogP contribution >= 0.6 is 0 Å². The molecule has 0 aromatic rings. The Kier molecular flexibility index (Phi) is 7.08. The molecule has 16 heavy (non-hydrogen) atoms. The van der Waals surface area contributed by atoms with Crippen LogP contribution in [-0.4, -0.2) is 42.5 Å². The minimum atomic E-state index is -0.451. The fourth-order valence-electron chi connectivity index (χ4n) is 1.01. The van der Waals surface area contributed by atoms with Crippen molar-refractivity contribution < 1.29 is 14.6 Å². The number of hydrogen-bond donors (Lipinski definition) is 3. The predicted molar refractivity (Wildman–Crippen MR) is 63.4 cm³/mol. The first-order valence-corrected chi connectivity index (χ1v) is 5.66. The molecule has 0 aliphatic carbocycles. The predicted octanol–water partition coefficient (Wildman–Crippen LogP) is 0.872. The number of alkyl carbamates (subject to hydrolysis) is 1. The van der Waals surface area contributed by atoms with Crippen molar-refractivity contribution in [2.75, 3.05) is 19.7 Å². The zero-order chi connectivity index (χ0) is 12.6. The van der Waals surface area contributed by atoms with Crippen LogP contribution in [0.15, 0.2) is 0 Å². The number of carbonyl (C=O) groups excluding carboxylic acids is 1. The summed E-state index contributed by atoms with van der Waals surface area (Å²) in [7, 11) is 0. The Bertz CT molecular complexity index is 202. The third-order valence-corrected chi connectivity index (χ3v) is 1.79. The molecule has 0 rings (SSSR count). The highest BCUT2D eigenvalue weighted by molar-refractivity contribution is 5.67. The van der Waals surface area contributed by atoms with Gasteiger partial charge < -0.3 is 20.5 Å². The lowest BCUT2D eigenvalue weighted by molar-refractivity contribution is 0.0527. The van der Waals surface area contributed by atoms with Gasteiger partial charge in [-0.05, 0) is 40.7 Å². The lowest BCUT2D eigenvalue weighted by atomic mass is 10.2. The van der Waals surface area contributed by atoms with Crippen molar-refractivity contribution in [1.82, 2.24) is 10.6 Å². The van der Waals surface area contributed by atoms with Gasteiger partial charge in [0.1, 0.15) is 5.60 Å². The number of ether oxygens (including phenoxy) is 1. The van der Waals surface area contributed by atoms with Gasteiger partial charge in [-0.25, -0.2) is 4.79 Å². The van der Waals surface area contributed by atoms with Crippen LogP contribution in [0.2, 0.25) is 0 Å². The molecule has 0 radical (unpaired) electrons. The van der Waals surface area contributed by atoms with Crippen molar-refractivity contribution in [2.45, 2.75) is 45.8 Å². The van der Waals surface area contributed by atoms with Crippen LogP contribution in [0.5, 0.6) is 0 Å². The molecule has 0 spiro atoms. The largest absolute Gasteiger partial charge is 0.444 e. The molecule has 0 aromatic heterocycles. The van der Waals surface area contributed by atoms with Crippen molar-refractivity contribution in [3.8, 4) is 0 Å². The van der Waals surface area contributed by atoms with Crippen LogP contribution in [0.25, 0.3) is 0 Å². The Morgan fingerprint density at radius 1 is 1.38 bits per heavy atom. The van der Waals surface area contributed by atoms with E-state index >= 15 is 0 Å². The summed E-state index contributed by atoms with van der Waals surface area (Å²) in [5.41, 5.74) is -0.451. The molecule has 0 saturated heterocycles. The first-order chi connectivity index (χ1) is 7.35. The third kappa shape index (κ3) is 9.73. The van der Waals surface area contributed by atoms with Crippen molar-refractivity contribution >= 4 is 6.09 Å². The summed E-state index contributed by atoms with van der Waals surface area (Å²) in [5.74, 6) is 0. The maximum absolute atomic E-state index is 11.2. The number of aliphatic hydroxyl groups excluding tert-OH is 1. The molecule has 96 valence electrons. The molecular weight excluding hydrogens is 208 g/mol. The van der Waals surface area contributed by atoms with Gasteiger partial charge in [-0.3, -0.25) is 0 Å². The number of carbonyl (C=O) groups is 1. The Hall–Kier alpha value is -0.810. The fraction of sp³-hybridized carbons (Fsp3) is 0.909.